The summed E-state index contributed by atoms with van der Waals surface area (Å²) in [6.07, 6.45) is 2.01. The molecule has 1 aromatic carbocycles. The van der Waals surface area contributed by atoms with Gasteiger partial charge in [-0.05, 0) is 38.0 Å². The van der Waals surface area contributed by atoms with E-state index in [2.05, 4.69) is 23.8 Å². The fourth-order valence-corrected chi connectivity index (χ4v) is 4.20. The van der Waals surface area contributed by atoms with Gasteiger partial charge in [0, 0.05) is 29.9 Å². The number of nitrogens with zero attached hydrogens (tertiary/aromatic N) is 5. The van der Waals surface area contributed by atoms with Crippen molar-refractivity contribution in [2.75, 3.05) is 0 Å². The number of benzene rings is 1. The molecule has 0 amide bonds. The molecule has 0 aliphatic heterocycles. The Balaban J connectivity index is 1.71. The second-order valence-electron chi connectivity index (χ2n) is 7.45. The molecule has 0 aliphatic rings. The summed E-state index contributed by atoms with van der Waals surface area (Å²) in [5, 5.41) is 1.39. The molecule has 0 saturated carbocycles. The van der Waals surface area contributed by atoms with E-state index in [1.165, 1.54) is 0 Å². The van der Waals surface area contributed by atoms with Crippen molar-refractivity contribution in [3.05, 3.63) is 64.0 Å². The van der Waals surface area contributed by atoms with Gasteiger partial charge in [0.25, 0.3) is 5.56 Å². The number of rotatable bonds is 5. The van der Waals surface area contributed by atoms with Gasteiger partial charge in [-0.2, -0.15) is 0 Å². The van der Waals surface area contributed by atoms with E-state index in [0.29, 0.717) is 29.4 Å². The van der Waals surface area contributed by atoms with Crippen LogP contribution in [0.4, 0.5) is 0 Å². The fraction of sp³-hybridized carbons (Fsp3) is 0.333. The van der Waals surface area contributed by atoms with Crippen LogP contribution in [0.3, 0.4) is 0 Å². The Bertz CT molecular complexity index is 1220. The highest BCUT2D eigenvalue weighted by Crippen LogP contribution is 2.23. The number of aromatic nitrogens is 5. The summed E-state index contributed by atoms with van der Waals surface area (Å²) < 4.78 is 3.79. The van der Waals surface area contributed by atoms with Gasteiger partial charge in [-0.25, -0.2) is 15.0 Å². The fourth-order valence-electron chi connectivity index (χ4n) is 3.31. The molecule has 0 unspecified atom stereocenters. The Morgan fingerprint density at radius 1 is 1.11 bits per heavy atom. The van der Waals surface area contributed by atoms with Crippen LogP contribution in [0.25, 0.3) is 16.7 Å². The lowest BCUT2D eigenvalue weighted by Crippen LogP contribution is -2.25. The van der Waals surface area contributed by atoms with E-state index in [-0.39, 0.29) is 5.56 Å². The monoisotopic (exact) mass is 393 g/mol. The van der Waals surface area contributed by atoms with E-state index in [1.54, 1.807) is 16.3 Å². The molecular formula is C21H23N5OS. The smallest absolute Gasteiger partial charge is 0.262 e. The Morgan fingerprint density at radius 2 is 1.89 bits per heavy atom. The average molecular weight is 394 g/mol. The van der Waals surface area contributed by atoms with Crippen molar-refractivity contribution in [3.63, 3.8) is 0 Å². The highest BCUT2D eigenvalue weighted by molar-refractivity contribution is 7.98. The van der Waals surface area contributed by atoms with Crippen LogP contribution in [-0.2, 0) is 12.3 Å². The third kappa shape index (κ3) is 3.54. The number of aryl methyl sites for hydroxylation is 2. The highest BCUT2D eigenvalue weighted by atomic mass is 32.2. The van der Waals surface area contributed by atoms with E-state index < -0.39 is 0 Å². The zero-order valence-corrected chi connectivity index (χ0v) is 17.3. The minimum absolute atomic E-state index is 0.0185. The van der Waals surface area contributed by atoms with Gasteiger partial charge in [-0.1, -0.05) is 37.7 Å². The molecule has 4 aromatic rings. The predicted molar refractivity (Wildman–Crippen MR) is 113 cm³/mol. The lowest BCUT2D eigenvalue weighted by Gasteiger charge is -2.14. The molecule has 28 heavy (non-hydrogen) atoms. The minimum Gasteiger partial charge on any atom is -0.288 e. The van der Waals surface area contributed by atoms with E-state index in [9.17, 15) is 4.79 Å². The largest absolute Gasteiger partial charge is 0.288 e. The van der Waals surface area contributed by atoms with Crippen LogP contribution in [-0.4, -0.2) is 23.9 Å². The molecule has 4 rings (SSSR count). The van der Waals surface area contributed by atoms with Gasteiger partial charge in [0.1, 0.15) is 0 Å². The van der Waals surface area contributed by atoms with Crippen LogP contribution in [0.15, 0.2) is 46.5 Å². The van der Waals surface area contributed by atoms with E-state index in [1.807, 2.05) is 54.8 Å². The maximum atomic E-state index is 13.0. The van der Waals surface area contributed by atoms with Crippen LogP contribution in [0.2, 0.25) is 0 Å². The summed E-state index contributed by atoms with van der Waals surface area (Å²) in [4.78, 5) is 26.9. The van der Waals surface area contributed by atoms with Gasteiger partial charge in [0.15, 0.2) is 5.16 Å². The summed E-state index contributed by atoms with van der Waals surface area (Å²) in [6, 6.07) is 9.56. The van der Waals surface area contributed by atoms with Crippen LogP contribution in [0.1, 0.15) is 30.9 Å². The first-order chi connectivity index (χ1) is 13.4. The molecule has 0 N–H and O–H groups in total. The molecule has 3 aromatic heterocycles. The first kappa shape index (κ1) is 18.7. The summed E-state index contributed by atoms with van der Waals surface area (Å²) in [6.45, 7) is 8.87. The summed E-state index contributed by atoms with van der Waals surface area (Å²) in [5.41, 5.74) is 3.73. The SMILES string of the molecule is Cc1cc(C)n2cc(CSc3nc4ccccc4c(=O)n3CC(C)C)nc2n1. The molecule has 0 radical (unpaired) electrons. The van der Waals surface area contributed by atoms with E-state index in [4.69, 9.17) is 4.98 Å². The number of thioether (sulfide) groups is 1. The number of imidazole rings is 1. The zero-order valence-electron chi connectivity index (χ0n) is 16.5. The highest BCUT2D eigenvalue weighted by Gasteiger charge is 2.14. The molecule has 144 valence electrons. The second kappa shape index (κ2) is 7.39. The van der Waals surface area contributed by atoms with Crippen LogP contribution < -0.4 is 5.56 Å². The Hall–Kier alpha value is -2.67. The maximum Gasteiger partial charge on any atom is 0.262 e. The number of fused-ring (bicyclic) bond motifs is 2. The first-order valence-electron chi connectivity index (χ1n) is 9.37. The number of hydrogen-bond acceptors (Lipinski definition) is 5. The molecule has 3 heterocycles. The van der Waals surface area contributed by atoms with Crippen molar-refractivity contribution >= 4 is 28.4 Å². The number of hydrogen-bond donors (Lipinski definition) is 0. The third-order valence-corrected chi connectivity index (χ3v) is 5.54. The summed E-state index contributed by atoms with van der Waals surface area (Å²) >= 11 is 1.54. The van der Waals surface area contributed by atoms with Gasteiger partial charge in [0.2, 0.25) is 5.78 Å². The molecule has 0 bridgehead atoms. The summed E-state index contributed by atoms with van der Waals surface area (Å²) in [5.74, 6) is 1.69. The van der Waals surface area contributed by atoms with Gasteiger partial charge in [0.05, 0.1) is 16.6 Å². The van der Waals surface area contributed by atoms with Gasteiger partial charge in [-0.3, -0.25) is 13.8 Å². The van der Waals surface area contributed by atoms with E-state index >= 15 is 0 Å². The molecule has 0 fully saturated rings. The predicted octanol–water partition coefficient (Wildman–Crippen LogP) is 4.00. The molecule has 0 spiro atoms. The van der Waals surface area contributed by atoms with Gasteiger partial charge >= 0.3 is 0 Å². The lowest BCUT2D eigenvalue weighted by molar-refractivity contribution is 0.475. The Labute approximate surface area is 167 Å². The van der Waals surface area contributed by atoms with Gasteiger partial charge in [-0.15, -0.1) is 0 Å². The van der Waals surface area contributed by atoms with Crippen LogP contribution in [0, 0.1) is 19.8 Å². The molecule has 0 atom stereocenters. The van der Waals surface area contributed by atoms with Crippen molar-refractivity contribution in [2.45, 2.75) is 45.1 Å². The molecular weight excluding hydrogens is 370 g/mol. The first-order valence-corrected chi connectivity index (χ1v) is 10.4. The topological polar surface area (TPSA) is 65.1 Å². The Morgan fingerprint density at radius 3 is 2.68 bits per heavy atom. The second-order valence-corrected chi connectivity index (χ2v) is 8.39. The van der Waals surface area contributed by atoms with Crippen molar-refractivity contribution in [1.29, 1.82) is 0 Å². The van der Waals surface area contributed by atoms with Crippen molar-refractivity contribution in [1.82, 2.24) is 23.9 Å². The van der Waals surface area contributed by atoms with Crippen LogP contribution >= 0.6 is 11.8 Å². The standard InChI is InChI=1S/C21H23N5OS/c1-13(2)10-26-19(27)17-7-5-6-8-18(17)24-21(26)28-12-16-11-25-15(4)9-14(3)22-20(25)23-16/h5-9,11,13H,10,12H2,1-4H3. The average Bonchev–Trinajstić information content (AvgIpc) is 3.05. The zero-order chi connectivity index (χ0) is 19.8. The van der Waals surface area contributed by atoms with Crippen LogP contribution in [0.5, 0.6) is 0 Å². The maximum absolute atomic E-state index is 13.0. The normalized spacial score (nSPS) is 11.8. The number of para-hydroxylation sites is 1. The molecule has 6 nitrogen and oxygen atoms in total. The quantitative estimate of drug-likeness (QED) is 0.379. The minimum atomic E-state index is 0.0185. The summed E-state index contributed by atoms with van der Waals surface area (Å²) in [7, 11) is 0. The van der Waals surface area contributed by atoms with E-state index in [0.717, 1.165) is 27.8 Å². The van der Waals surface area contributed by atoms with Gasteiger partial charge < -0.3 is 0 Å². The molecule has 7 heteroatoms. The third-order valence-electron chi connectivity index (χ3n) is 4.53. The molecule has 0 saturated heterocycles. The Kier molecular flexibility index (Phi) is 4.93. The van der Waals surface area contributed by atoms with Crippen molar-refractivity contribution in [3.8, 4) is 0 Å². The van der Waals surface area contributed by atoms with Crippen molar-refractivity contribution in [2.24, 2.45) is 5.92 Å². The van der Waals surface area contributed by atoms with Crippen molar-refractivity contribution < 1.29 is 0 Å². The lowest BCUT2D eigenvalue weighted by atomic mass is 10.2. The molecule has 0 aliphatic carbocycles.